The van der Waals surface area contributed by atoms with E-state index in [2.05, 4.69) is 6.92 Å². The number of unbranched alkanes of at least 4 members (excludes halogenated alkanes) is 6. The second-order valence-corrected chi connectivity index (χ2v) is 6.04. The van der Waals surface area contributed by atoms with Gasteiger partial charge in [0.05, 0.1) is 5.92 Å². The molecule has 0 saturated carbocycles. The summed E-state index contributed by atoms with van der Waals surface area (Å²) in [5.41, 5.74) is 0. The highest BCUT2D eigenvalue weighted by Gasteiger charge is 2.56. The molecule has 0 amide bonds. The molecule has 0 aromatic carbocycles. The molecule has 1 unspecified atom stereocenters. The minimum absolute atomic E-state index is 0.0679. The smallest absolute Gasteiger partial charge is 0.453 e. The molecule has 0 aromatic heterocycles. The van der Waals surface area contributed by atoms with E-state index in [4.69, 9.17) is 5.11 Å². The molecule has 0 radical (unpaired) electrons. The number of carbonyl (C=O) groups is 1. The third kappa shape index (κ3) is 9.76. The summed E-state index contributed by atoms with van der Waals surface area (Å²) < 4.78 is 61.4. The van der Waals surface area contributed by atoms with Gasteiger partial charge in [0.1, 0.15) is 0 Å². The van der Waals surface area contributed by atoms with E-state index in [0.717, 1.165) is 38.5 Å². The second kappa shape index (κ2) is 10.8. The highest BCUT2D eigenvalue weighted by molar-refractivity contribution is 5.69. The third-order valence-corrected chi connectivity index (χ3v) is 3.96. The van der Waals surface area contributed by atoms with Gasteiger partial charge in [0.15, 0.2) is 0 Å². The Morgan fingerprint density at radius 1 is 0.870 bits per heavy atom. The molecule has 0 spiro atoms. The van der Waals surface area contributed by atoms with Crippen LogP contribution >= 0.6 is 0 Å². The maximum Gasteiger partial charge on any atom is 0.453 e. The summed E-state index contributed by atoms with van der Waals surface area (Å²) in [4.78, 5) is 11.1. The maximum atomic E-state index is 12.7. The molecule has 0 aliphatic rings. The van der Waals surface area contributed by atoms with Gasteiger partial charge < -0.3 is 5.11 Å². The maximum absolute atomic E-state index is 12.7. The lowest BCUT2D eigenvalue weighted by Gasteiger charge is -2.19. The Hall–Kier alpha value is -0.880. The van der Waals surface area contributed by atoms with E-state index < -0.39 is 30.4 Å². The minimum atomic E-state index is -5.53. The molecule has 23 heavy (non-hydrogen) atoms. The zero-order chi connectivity index (χ0) is 17.9. The fourth-order valence-corrected chi connectivity index (χ4v) is 2.44. The van der Waals surface area contributed by atoms with Crippen molar-refractivity contribution >= 4 is 5.97 Å². The van der Waals surface area contributed by atoms with E-state index in [1.807, 2.05) is 0 Å². The van der Waals surface area contributed by atoms with Gasteiger partial charge >= 0.3 is 18.1 Å². The Kier molecular flexibility index (Phi) is 10.4. The van der Waals surface area contributed by atoms with Gasteiger partial charge in [0, 0.05) is 6.42 Å². The van der Waals surface area contributed by atoms with Gasteiger partial charge in [-0.1, -0.05) is 51.9 Å². The molecule has 0 fully saturated rings. The fourth-order valence-electron chi connectivity index (χ4n) is 2.44. The van der Waals surface area contributed by atoms with Crippen LogP contribution in [0.2, 0.25) is 0 Å². The predicted molar refractivity (Wildman–Crippen MR) is 78.6 cm³/mol. The first-order valence-corrected chi connectivity index (χ1v) is 8.29. The van der Waals surface area contributed by atoms with Crippen molar-refractivity contribution in [2.45, 2.75) is 89.7 Å². The van der Waals surface area contributed by atoms with E-state index in [-0.39, 0.29) is 19.3 Å². The van der Waals surface area contributed by atoms with Gasteiger partial charge in [-0.05, 0) is 19.3 Å². The number of carboxylic acids is 1. The molecule has 0 aliphatic carbocycles. The summed E-state index contributed by atoms with van der Waals surface area (Å²) in [5.74, 6) is -6.34. The van der Waals surface area contributed by atoms with Crippen molar-refractivity contribution in [2.75, 3.05) is 0 Å². The van der Waals surface area contributed by atoms with Crippen molar-refractivity contribution < 1.29 is 31.9 Å². The van der Waals surface area contributed by atoms with Crippen LogP contribution in [0.4, 0.5) is 22.0 Å². The quantitative estimate of drug-likeness (QED) is 0.319. The summed E-state index contributed by atoms with van der Waals surface area (Å²) >= 11 is 0. The topological polar surface area (TPSA) is 37.3 Å². The van der Waals surface area contributed by atoms with Crippen LogP contribution < -0.4 is 0 Å². The molecule has 0 aliphatic heterocycles. The molecule has 0 heterocycles. The first-order chi connectivity index (χ1) is 10.6. The van der Waals surface area contributed by atoms with Gasteiger partial charge in [0.25, 0.3) is 0 Å². The number of halogens is 5. The minimum Gasteiger partial charge on any atom is -0.481 e. The van der Waals surface area contributed by atoms with Crippen molar-refractivity contribution in [1.82, 2.24) is 0 Å². The summed E-state index contributed by atoms with van der Waals surface area (Å²) in [5, 5.41) is 9.07. The van der Waals surface area contributed by atoms with Crippen molar-refractivity contribution in [3.05, 3.63) is 0 Å². The zero-order valence-electron chi connectivity index (χ0n) is 13.6. The van der Waals surface area contributed by atoms with Crippen LogP contribution in [0.3, 0.4) is 0 Å². The average Bonchev–Trinajstić information content (AvgIpc) is 2.43. The lowest BCUT2D eigenvalue weighted by molar-refractivity contribution is -0.284. The van der Waals surface area contributed by atoms with Crippen LogP contribution in [0.25, 0.3) is 0 Å². The normalized spacial score (nSPS) is 14.0. The van der Waals surface area contributed by atoms with Crippen molar-refractivity contribution in [1.29, 1.82) is 0 Å². The Morgan fingerprint density at radius 2 is 1.35 bits per heavy atom. The number of rotatable bonds is 13. The van der Waals surface area contributed by atoms with Gasteiger partial charge in [-0.2, -0.15) is 22.0 Å². The van der Waals surface area contributed by atoms with Crippen LogP contribution in [-0.2, 0) is 4.79 Å². The first-order valence-electron chi connectivity index (χ1n) is 8.29. The predicted octanol–water partition coefficient (Wildman–Crippen LogP) is 6.20. The van der Waals surface area contributed by atoms with Crippen LogP contribution in [0, 0.1) is 5.92 Å². The van der Waals surface area contributed by atoms with Crippen LogP contribution in [0.15, 0.2) is 0 Å². The molecular weight excluding hydrogens is 319 g/mol. The SMILES string of the molecule is CCCCCCCCC(CCCCC(F)(F)C(F)(F)F)C(=O)O. The van der Waals surface area contributed by atoms with Crippen LogP contribution in [0.5, 0.6) is 0 Å². The Balaban J connectivity index is 3.95. The first kappa shape index (κ1) is 22.1. The highest BCUT2D eigenvalue weighted by atomic mass is 19.4. The van der Waals surface area contributed by atoms with E-state index in [1.165, 1.54) is 0 Å². The van der Waals surface area contributed by atoms with Gasteiger partial charge in [-0.15, -0.1) is 0 Å². The van der Waals surface area contributed by atoms with Gasteiger partial charge in [0.2, 0.25) is 0 Å². The third-order valence-electron chi connectivity index (χ3n) is 3.96. The Bertz CT molecular complexity index is 329. The van der Waals surface area contributed by atoms with E-state index in [0.29, 0.717) is 6.42 Å². The highest BCUT2D eigenvalue weighted by Crippen LogP contribution is 2.39. The summed E-state index contributed by atoms with van der Waals surface area (Å²) in [6, 6.07) is 0. The van der Waals surface area contributed by atoms with Crippen LogP contribution in [0.1, 0.15) is 77.6 Å². The molecule has 2 nitrogen and oxygen atoms in total. The number of carboxylic acid groups (broad SMARTS) is 1. The summed E-state index contributed by atoms with van der Waals surface area (Å²) in [6.45, 7) is 2.10. The number of aliphatic carboxylic acids is 1. The molecule has 0 rings (SSSR count). The largest absolute Gasteiger partial charge is 0.481 e. The van der Waals surface area contributed by atoms with E-state index in [9.17, 15) is 26.7 Å². The van der Waals surface area contributed by atoms with Crippen molar-refractivity contribution in [3.8, 4) is 0 Å². The van der Waals surface area contributed by atoms with Crippen molar-refractivity contribution in [2.24, 2.45) is 5.92 Å². The van der Waals surface area contributed by atoms with E-state index in [1.54, 1.807) is 0 Å². The molecular formula is C16H27F5O2. The molecule has 138 valence electrons. The molecule has 1 atom stereocenters. The fraction of sp³-hybridized carbons (Fsp3) is 0.938. The lowest BCUT2D eigenvalue weighted by Crippen LogP contribution is -2.36. The summed E-state index contributed by atoms with van der Waals surface area (Å²) in [7, 11) is 0. The average molecular weight is 346 g/mol. The summed E-state index contributed by atoms with van der Waals surface area (Å²) in [6.07, 6.45) is -0.359. The number of hydrogen-bond donors (Lipinski definition) is 1. The molecule has 0 aromatic rings. The van der Waals surface area contributed by atoms with Gasteiger partial charge in [-0.3, -0.25) is 4.79 Å². The standard InChI is InChI=1S/C16H27F5O2/c1-2-3-4-5-6-7-10-13(14(22)23)11-8-9-12-15(17,18)16(19,20)21/h13H,2-12H2,1H3,(H,22,23). The number of alkyl halides is 5. The lowest BCUT2D eigenvalue weighted by atomic mass is 9.94. The Morgan fingerprint density at radius 3 is 1.83 bits per heavy atom. The zero-order valence-corrected chi connectivity index (χ0v) is 13.6. The molecule has 7 heteroatoms. The van der Waals surface area contributed by atoms with Gasteiger partial charge in [-0.25, -0.2) is 0 Å². The van der Waals surface area contributed by atoms with E-state index >= 15 is 0 Å². The van der Waals surface area contributed by atoms with Crippen molar-refractivity contribution in [3.63, 3.8) is 0 Å². The van der Waals surface area contributed by atoms with Crippen LogP contribution in [-0.4, -0.2) is 23.2 Å². The number of hydrogen-bond acceptors (Lipinski definition) is 1. The molecule has 0 bridgehead atoms. The molecule has 1 N–H and O–H groups in total. The Labute approximate surface area is 134 Å². The molecule has 0 saturated heterocycles. The monoisotopic (exact) mass is 346 g/mol. The second-order valence-electron chi connectivity index (χ2n) is 6.04.